The first-order valence-corrected chi connectivity index (χ1v) is 5.93. The molecule has 0 aliphatic carbocycles. The van der Waals surface area contributed by atoms with Gasteiger partial charge in [-0.15, -0.1) is 0 Å². The average Bonchev–Trinajstić information content (AvgIpc) is 2.37. The fraction of sp³-hybridized carbons (Fsp3) is 0.231. The van der Waals surface area contributed by atoms with E-state index >= 15 is 0 Å². The summed E-state index contributed by atoms with van der Waals surface area (Å²) in [6.07, 6.45) is -4.59. The summed E-state index contributed by atoms with van der Waals surface area (Å²) in [5.41, 5.74) is 5.61. The first-order chi connectivity index (χ1) is 9.79. The number of anilines is 3. The molecule has 0 saturated heterocycles. The van der Waals surface area contributed by atoms with Gasteiger partial charge in [-0.2, -0.15) is 18.2 Å². The lowest BCUT2D eigenvalue weighted by atomic mass is 10.2. The third-order valence-electron chi connectivity index (χ3n) is 2.65. The third-order valence-corrected chi connectivity index (χ3v) is 2.65. The zero-order chi connectivity index (χ0) is 15.6. The lowest BCUT2D eigenvalue weighted by Gasteiger charge is -2.13. The average molecular weight is 298 g/mol. The number of methoxy groups -OCH3 is 1. The van der Waals surface area contributed by atoms with E-state index in [0.29, 0.717) is 11.4 Å². The lowest BCUT2D eigenvalue weighted by molar-refractivity contribution is -0.141. The Morgan fingerprint density at radius 1 is 1.19 bits per heavy atom. The number of nitrogens with two attached hydrogens (primary N) is 1. The van der Waals surface area contributed by atoms with Gasteiger partial charge in [0.2, 0.25) is 5.95 Å². The molecular formula is C13H13F3N4O. The molecule has 0 aliphatic rings. The van der Waals surface area contributed by atoms with Crippen molar-refractivity contribution < 1.29 is 17.9 Å². The van der Waals surface area contributed by atoms with E-state index in [0.717, 1.165) is 11.6 Å². The summed E-state index contributed by atoms with van der Waals surface area (Å²) < 4.78 is 43.2. The lowest BCUT2D eigenvalue weighted by Crippen LogP contribution is -2.12. The molecule has 8 heteroatoms. The van der Waals surface area contributed by atoms with Gasteiger partial charge >= 0.3 is 6.18 Å². The van der Waals surface area contributed by atoms with Crippen molar-refractivity contribution in [3.05, 3.63) is 35.5 Å². The third kappa shape index (κ3) is 3.53. The van der Waals surface area contributed by atoms with Gasteiger partial charge in [0.15, 0.2) is 5.69 Å². The Balaban J connectivity index is 2.40. The summed E-state index contributed by atoms with van der Waals surface area (Å²) in [6.45, 7) is 1.85. The second-order valence-corrected chi connectivity index (χ2v) is 4.32. The highest BCUT2D eigenvalue weighted by Gasteiger charge is 2.33. The fourth-order valence-electron chi connectivity index (χ4n) is 1.73. The summed E-state index contributed by atoms with van der Waals surface area (Å²) in [4.78, 5) is 6.92. The van der Waals surface area contributed by atoms with Crippen LogP contribution in [-0.4, -0.2) is 17.1 Å². The maximum Gasteiger partial charge on any atom is 0.433 e. The molecule has 1 aromatic carbocycles. The summed E-state index contributed by atoms with van der Waals surface area (Å²) >= 11 is 0. The van der Waals surface area contributed by atoms with Gasteiger partial charge in [-0.25, -0.2) is 4.98 Å². The van der Waals surface area contributed by atoms with Crippen LogP contribution in [0.1, 0.15) is 11.3 Å². The van der Waals surface area contributed by atoms with Gasteiger partial charge in [0.1, 0.15) is 11.6 Å². The molecule has 0 unspecified atom stereocenters. The van der Waals surface area contributed by atoms with Crippen molar-refractivity contribution in [3.63, 3.8) is 0 Å². The summed E-state index contributed by atoms with van der Waals surface area (Å²) in [6, 6.07) is 6.04. The Morgan fingerprint density at radius 3 is 2.52 bits per heavy atom. The van der Waals surface area contributed by atoms with Crippen molar-refractivity contribution in [2.75, 3.05) is 18.2 Å². The van der Waals surface area contributed by atoms with E-state index in [2.05, 4.69) is 15.3 Å². The van der Waals surface area contributed by atoms with E-state index in [1.54, 1.807) is 12.1 Å². The van der Waals surface area contributed by atoms with E-state index in [1.807, 2.05) is 13.0 Å². The van der Waals surface area contributed by atoms with E-state index in [-0.39, 0.29) is 5.82 Å². The molecule has 112 valence electrons. The highest BCUT2D eigenvalue weighted by Crippen LogP contribution is 2.32. The molecule has 0 bridgehead atoms. The highest BCUT2D eigenvalue weighted by atomic mass is 19.4. The molecule has 1 heterocycles. The maximum absolute atomic E-state index is 12.7. The Kier molecular flexibility index (Phi) is 3.88. The van der Waals surface area contributed by atoms with Crippen molar-refractivity contribution in [2.24, 2.45) is 0 Å². The molecule has 0 spiro atoms. The minimum absolute atomic E-state index is 0.0567. The number of hydrogen-bond acceptors (Lipinski definition) is 5. The molecule has 3 N–H and O–H groups in total. The van der Waals surface area contributed by atoms with Gasteiger partial charge in [0.25, 0.3) is 0 Å². The van der Waals surface area contributed by atoms with Crippen LogP contribution in [0.25, 0.3) is 0 Å². The minimum Gasteiger partial charge on any atom is -0.495 e. The topological polar surface area (TPSA) is 73.1 Å². The molecule has 21 heavy (non-hydrogen) atoms. The van der Waals surface area contributed by atoms with Crippen molar-refractivity contribution in [1.82, 2.24) is 9.97 Å². The van der Waals surface area contributed by atoms with Crippen molar-refractivity contribution >= 4 is 17.5 Å². The number of hydrogen-bond donors (Lipinski definition) is 2. The minimum atomic E-state index is -4.59. The monoisotopic (exact) mass is 298 g/mol. The SMILES string of the molecule is COc1ccc(C)cc1Nc1cc(C(F)(F)F)nc(N)n1. The van der Waals surface area contributed by atoms with Crippen LogP contribution in [0, 0.1) is 6.92 Å². The van der Waals surface area contributed by atoms with Crippen LogP contribution in [0.4, 0.5) is 30.6 Å². The van der Waals surface area contributed by atoms with Gasteiger partial charge in [-0.05, 0) is 24.6 Å². The van der Waals surface area contributed by atoms with E-state index in [9.17, 15) is 13.2 Å². The Hall–Kier alpha value is -2.51. The van der Waals surface area contributed by atoms with Crippen LogP contribution in [0.2, 0.25) is 0 Å². The predicted molar refractivity (Wildman–Crippen MR) is 72.5 cm³/mol. The molecule has 2 rings (SSSR count). The number of benzene rings is 1. The molecule has 1 aromatic heterocycles. The van der Waals surface area contributed by atoms with Crippen LogP contribution < -0.4 is 15.8 Å². The number of nitrogen functional groups attached to an aromatic ring is 1. The van der Waals surface area contributed by atoms with E-state index in [1.165, 1.54) is 7.11 Å². The molecule has 0 aliphatic heterocycles. The zero-order valence-corrected chi connectivity index (χ0v) is 11.3. The van der Waals surface area contributed by atoms with E-state index in [4.69, 9.17) is 10.5 Å². The zero-order valence-electron chi connectivity index (χ0n) is 11.3. The molecule has 0 atom stereocenters. The molecule has 0 saturated carbocycles. The number of halogens is 3. The number of aromatic nitrogens is 2. The van der Waals surface area contributed by atoms with Crippen LogP contribution in [-0.2, 0) is 6.18 Å². The van der Waals surface area contributed by atoms with Gasteiger partial charge in [0, 0.05) is 6.07 Å². The number of aryl methyl sites for hydroxylation is 1. The maximum atomic E-state index is 12.7. The molecule has 5 nitrogen and oxygen atoms in total. The Morgan fingerprint density at radius 2 is 1.90 bits per heavy atom. The number of alkyl halides is 3. The van der Waals surface area contributed by atoms with E-state index < -0.39 is 17.8 Å². The molecule has 2 aromatic rings. The molecule has 0 radical (unpaired) electrons. The number of nitrogens with one attached hydrogen (secondary N) is 1. The Labute approximate surface area is 119 Å². The summed E-state index contributed by atoms with van der Waals surface area (Å²) in [5, 5.41) is 2.76. The van der Waals surface area contributed by atoms with Crippen LogP contribution in [0.5, 0.6) is 5.75 Å². The summed E-state index contributed by atoms with van der Waals surface area (Å²) in [5.74, 6) is -0.0380. The normalized spacial score (nSPS) is 11.3. The second kappa shape index (κ2) is 5.47. The highest BCUT2D eigenvalue weighted by molar-refractivity contribution is 5.65. The first-order valence-electron chi connectivity index (χ1n) is 5.93. The van der Waals surface area contributed by atoms with Crippen LogP contribution in [0.3, 0.4) is 0 Å². The number of rotatable bonds is 3. The van der Waals surface area contributed by atoms with Gasteiger partial charge in [0.05, 0.1) is 12.8 Å². The van der Waals surface area contributed by atoms with Crippen LogP contribution >= 0.6 is 0 Å². The molecule has 0 fully saturated rings. The first kappa shape index (κ1) is 14.9. The largest absolute Gasteiger partial charge is 0.495 e. The van der Waals surface area contributed by atoms with Crippen molar-refractivity contribution in [2.45, 2.75) is 13.1 Å². The smallest absolute Gasteiger partial charge is 0.433 e. The van der Waals surface area contributed by atoms with Gasteiger partial charge < -0.3 is 15.8 Å². The quantitative estimate of drug-likeness (QED) is 0.910. The van der Waals surface area contributed by atoms with Crippen molar-refractivity contribution in [3.8, 4) is 5.75 Å². The molecular weight excluding hydrogens is 285 g/mol. The molecule has 0 amide bonds. The fourth-order valence-corrected chi connectivity index (χ4v) is 1.73. The van der Waals surface area contributed by atoms with Gasteiger partial charge in [-0.3, -0.25) is 0 Å². The Bertz CT molecular complexity index is 658. The predicted octanol–water partition coefficient (Wildman–Crippen LogP) is 3.14. The number of ether oxygens (including phenoxy) is 1. The van der Waals surface area contributed by atoms with Crippen LogP contribution in [0.15, 0.2) is 24.3 Å². The standard InChI is InChI=1S/C13H13F3N4O/c1-7-3-4-9(21-2)8(5-7)18-11-6-10(13(14,15)16)19-12(17)20-11/h3-6H,1-2H3,(H3,17,18,19,20). The van der Waals surface area contributed by atoms with Crippen molar-refractivity contribution in [1.29, 1.82) is 0 Å². The number of nitrogens with zero attached hydrogens (tertiary/aromatic N) is 2. The van der Waals surface area contributed by atoms with Gasteiger partial charge in [-0.1, -0.05) is 6.07 Å². The summed E-state index contributed by atoms with van der Waals surface area (Å²) in [7, 11) is 1.46. The second-order valence-electron chi connectivity index (χ2n) is 4.32.